The Kier molecular flexibility index (Phi) is 4.93. The van der Waals surface area contributed by atoms with E-state index in [0.717, 1.165) is 29.2 Å². The van der Waals surface area contributed by atoms with Crippen molar-refractivity contribution in [2.24, 2.45) is 17.8 Å². The maximum Gasteiger partial charge on any atom is 0.277 e. The van der Waals surface area contributed by atoms with Gasteiger partial charge in [-0.05, 0) is 68.8 Å². The first-order valence-electron chi connectivity index (χ1n) is 10.8. The molecule has 0 N–H and O–H groups in total. The van der Waals surface area contributed by atoms with E-state index in [-0.39, 0.29) is 16.6 Å². The highest BCUT2D eigenvalue weighted by Crippen LogP contribution is 2.60. The van der Waals surface area contributed by atoms with E-state index in [4.69, 9.17) is 4.42 Å². The summed E-state index contributed by atoms with van der Waals surface area (Å²) >= 11 is 1.38. The number of thioether (sulfide) groups is 1. The van der Waals surface area contributed by atoms with Crippen LogP contribution in [0.4, 0.5) is 0 Å². The average Bonchev–Trinajstić information content (AvgIpc) is 3.16. The van der Waals surface area contributed by atoms with Gasteiger partial charge in [-0.3, -0.25) is 4.79 Å². The fraction of sp³-hybridized carbons (Fsp3) is 0.609. The number of hydrogen-bond donors (Lipinski definition) is 0. The maximum absolute atomic E-state index is 12.8. The van der Waals surface area contributed by atoms with Gasteiger partial charge >= 0.3 is 0 Å². The fourth-order valence-corrected chi connectivity index (χ4v) is 7.09. The van der Waals surface area contributed by atoms with Crippen LogP contribution in [-0.4, -0.2) is 33.3 Å². The number of benzene rings is 1. The third-order valence-electron chi connectivity index (χ3n) is 7.16. The Bertz CT molecular complexity index is 846. The molecule has 154 valence electrons. The van der Waals surface area contributed by atoms with Gasteiger partial charge in [0, 0.05) is 19.0 Å². The molecule has 2 aromatic rings. The van der Waals surface area contributed by atoms with Crippen molar-refractivity contribution >= 4 is 17.7 Å². The van der Waals surface area contributed by atoms with Crippen molar-refractivity contribution in [1.29, 1.82) is 0 Å². The average molecular weight is 412 g/mol. The van der Waals surface area contributed by atoms with Gasteiger partial charge in [0.2, 0.25) is 11.8 Å². The molecule has 6 heteroatoms. The van der Waals surface area contributed by atoms with Gasteiger partial charge < -0.3 is 9.32 Å². The summed E-state index contributed by atoms with van der Waals surface area (Å²) in [5.41, 5.74) is 1.24. The molecule has 5 nitrogen and oxygen atoms in total. The van der Waals surface area contributed by atoms with Gasteiger partial charge in [0.1, 0.15) is 0 Å². The van der Waals surface area contributed by atoms with Gasteiger partial charge in [0.25, 0.3) is 5.22 Å². The van der Waals surface area contributed by atoms with Gasteiger partial charge in [-0.15, -0.1) is 10.2 Å². The fourth-order valence-electron chi connectivity index (χ4n) is 6.29. The van der Waals surface area contributed by atoms with E-state index in [2.05, 4.69) is 10.2 Å². The Morgan fingerprint density at radius 1 is 1.14 bits per heavy atom. The number of carbonyl (C=O) groups excluding carboxylic acids is 1. The Labute approximate surface area is 176 Å². The van der Waals surface area contributed by atoms with Gasteiger partial charge in [0.15, 0.2) is 0 Å². The summed E-state index contributed by atoms with van der Waals surface area (Å²) in [6, 6.07) is 10.1. The van der Waals surface area contributed by atoms with Crippen molar-refractivity contribution in [1.82, 2.24) is 15.1 Å². The Hall–Kier alpha value is -1.82. The van der Waals surface area contributed by atoms with E-state index < -0.39 is 0 Å². The first-order valence-corrected chi connectivity index (χ1v) is 11.7. The summed E-state index contributed by atoms with van der Waals surface area (Å²) < 4.78 is 6.16. The second-order valence-electron chi connectivity index (χ2n) is 9.51. The van der Waals surface area contributed by atoms with Crippen molar-refractivity contribution in [3.63, 3.8) is 0 Å². The SMILES string of the molecule is C[C@@H](Sc1nnc(C23CC4CC(CC(C4)C2)C3)o1)C(=O)N(C)Cc1ccccc1. The predicted octanol–water partition coefficient (Wildman–Crippen LogP) is 4.68. The molecular weight excluding hydrogens is 382 g/mol. The van der Waals surface area contributed by atoms with Crippen LogP contribution in [0.3, 0.4) is 0 Å². The molecule has 0 saturated heterocycles. The van der Waals surface area contributed by atoms with E-state index in [1.165, 1.54) is 50.3 Å². The van der Waals surface area contributed by atoms with Crippen molar-refractivity contribution in [2.45, 2.75) is 67.9 Å². The van der Waals surface area contributed by atoms with Crippen molar-refractivity contribution in [3.05, 3.63) is 41.8 Å². The van der Waals surface area contributed by atoms with E-state index >= 15 is 0 Å². The summed E-state index contributed by atoms with van der Waals surface area (Å²) in [7, 11) is 1.85. The number of aromatic nitrogens is 2. The monoisotopic (exact) mass is 411 g/mol. The molecular formula is C23H29N3O2S. The van der Waals surface area contributed by atoms with Crippen LogP contribution in [0.15, 0.2) is 40.0 Å². The lowest BCUT2D eigenvalue weighted by Crippen LogP contribution is -2.48. The minimum absolute atomic E-state index is 0.0772. The zero-order chi connectivity index (χ0) is 20.0. The molecule has 0 spiro atoms. The number of nitrogens with zero attached hydrogens (tertiary/aromatic N) is 3. The molecule has 0 aliphatic heterocycles. The largest absolute Gasteiger partial charge is 0.415 e. The minimum Gasteiger partial charge on any atom is -0.415 e. The summed E-state index contributed by atoms with van der Waals surface area (Å²) in [5.74, 6) is 3.44. The second-order valence-corrected chi connectivity index (χ2v) is 10.8. The summed E-state index contributed by atoms with van der Waals surface area (Å²) in [6.07, 6.45) is 7.82. The summed E-state index contributed by atoms with van der Waals surface area (Å²) in [5, 5.41) is 9.06. The van der Waals surface area contributed by atoms with Crippen LogP contribution in [-0.2, 0) is 16.8 Å². The highest BCUT2D eigenvalue weighted by atomic mass is 32.2. The maximum atomic E-state index is 12.8. The van der Waals surface area contributed by atoms with Crippen molar-refractivity contribution in [3.8, 4) is 0 Å². The molecule has 4 bridgehead atoms. The number of carbonyl (C=O) groups is 1. The van der Waals surface area contributed by atoms with E-state index in [9.17, 15) is 4.79 Å². The molecule has 1 aromatic carbocycles. The lowest BCUT2D eigenvalue weighted by molar-refractivity contribution is -0.129. The topological polar surface area (TPSA) is 59.2 Å². The van der Waals surface area contributed by atoms with E-state index in [0.29, 0.717) is 11.8 Å². The third kappa shape index (κ3) is 3.72. The minimum atomic E-state index is -0.256. The summed E-state index contributed by atoms with van der Waals surface area (Å²) in [4.78, 5) is 14.6. The van der Waals surface area contributed by atoms with Gasteiger partial charge in [-0.2, -0.15) is 0 Å². The highest BCUT2D eigenvalue weighted by molar-refractivity contribution is 8.00. The third-order valence-corrected chi connectivity index (χ3v) is 8.08. The van der Waals surface area contributed by atoms with Crippen LogP contribution in [0.5, 0.6) is 0 Å². The first-order chi connectivity index (χ1) is 14.0. The molecule has 4 saturated carbocycles. The van der Waals surface area contributed by atoms with Crippen LogP contribution in [0.1, 0.15) is 56.9 Å². The zero-order valence-electron chi connectivity index (χ0n) is 17.2. The quantitative estimate of drug-likeness (QED) is 0.646. The molecule has 1 amide bonds. The number of rotatable bonds is 6. The van der Waals surface area contributed by atoms with E-state index in [1.807, 2.05) is 44.3 Å². The second kappa shape index (κ2) is 7.46. The van der Waals surface area contributed by atoms with Crippen LogP contribution >= 0.6 is 11.8 Å². The van der Waals surface area contributed by atoms with Crippen molar-refractivity contribution in [2.75, 3.05) is 7.05 Å². The molecule has 0 unspecified atom stereocenters. The molecule has 4 aliphatic carbocycles. The zero-order valence-corrected chi connectivity index (χ0v) is 18.0. The Balaban J connectivity index is 1.24. The normalized spacial score (nSPS) is 31.0. The molecule has 4 aliphatic rings. The molecule has 1 atom stereocenters. The summed E-state index contributed by atoms with van der Waals surface area (Å²) in [6.45, 7) is 2.52. The van der Waals surface area contributed by atoms with Crippen LogP contribution < -0.4 is 0 Å². The van der Waals surface area contributed by atoms with Gasteiger partial charge in [0.05, 0.1) is 5.25 Å². The lowest BCUT2D eigenvalue weighted by atomic mass is 9.49. The molecule has 1 aromatic heterocycles. The standard InChI is InChI=1S/C23H29N3O2S/c1-15(20(27)26(2)14-16-6-4-3-5-7-16)29-22-25-24-21(28-22)23-11-17-8-18(12-23)10-19(9-17)13-23/h3-7,15,17-19H,8-14H2,1-2H3/t15-,17?,18?,19?,23?/m1/s1. The van der Waals surface area contributed by atoms with Crippen molar-refractivity contribution < 1.29 is 9.21 Å². The number of amides is 1. The Morgan fingerprint density at radius 3 is 2.38 bits per heavy atom. The highest BCUT2D eigenvalue weighted by Gasteiger charge is 2.54. The number of hydrogen-bond acceptors (Lipinski definition) is 5. The molecule has 6 rings (SSSR count). The van der Waals surface area contributed by atoms with Gasteiger partial charge in [-0.1, -0.05) is 42.1 Å². The Morgan fingerprint density at radius 2 is 1.76 bits per heavy atom. The lowest BCUT2D eigenvalue weighted by Gasteiger charge is -2.55. The van der Waals surface area contributed by atoms with Crippen LogP contribution in [0.2, 0.25) is 0 Å². The molecule has 29 heavy (non-hydrogen) atoms. The smallest absolute Gasteiger partial charge is 0.277 e. The van der Waals surface area contributed by atoms with Crippen LogP contribution in [0, 0.1) is 17.8 Å². The van der Waals surface area contributed by atoms with Crippen LogP contribution in [0.25, 0.3) is 0 Å². The molecule has 1 heterocycles. The van der Waals surface area contributed by atoms with Gasteiger partial charge in [-0.25, -0.2) is 0 Å². The predicted molar refractivity (Wildman–Crippen MR) is 112 cm³/mol. The first kappa shape index (κ1) is 19.2. The molecule has 4 fully saturated rings. The molecule has 0 radical (unpaired) electrons. The van der Waals surface area contributed by atoms with E-state index in [1.54, 1.807) is 4.90 Å².